The van der Waals surface area contributed by atoms with Crippen molar-refractivity contribution in [3.8, 4) is 0 Å². The number of Topliss-reactive ketones (excluding diaryl/α,β-unsaturated/α-hetero) is 1. The molecule has 3 heteroatoms. The average molecular weight is 221 g/mol. The van der Waals surface area contributed by atoms with Crippen LogP contribution in [0.5, 0.6) is 0 Å². The van der Waals surface area contributed by atoms with Crippen LogP contribution in [0.15, 0.2) is 0 Å². The molecule has 2 unspecified atom stereocenters. The highest BCUT2D eigenvalue weighted by Crippen LogP contribution is 2.23. The molecule has 2 atom stereocenters. The van der Waals surface area contributed by atoms with E-state index < -0.39 is 0 Å². The molecule has 0 aliphatic heterocycles. The standard InChI is InChI=1S/C8H13BrO2/c1-2-11-7-5-3-4-6(9)8(7)10/h6-7H,2-5H2,1H3. The Morgan fingerprint density at radius 3 is 3.00 bits per heavy atom. The molecular weight excluding hydrogens is 208 g/mol. The van der Waals surface area contributed by atoms with Gasteiger partial charge in [0.25, 0.3) is 0 Å². The van der Waals surface area contributed by atoms with E-state index in [1.54, 1.807) is 0 Å². The van der Waals surface area contributed by atoms with Crippen molar-refractivity contribution in [3.05, 3.63) is 0 Å². The summed E-state index contributed by atoms with van der Waals surface area (Å²) in [6.07, 6.45) is 2.81. The first-order valence-electron chi connectivity index (χ1n) is 4.05. The smallest absolute Gasteiger partial charge is 0.175 e. The summed E-state index contributed by atoms with van der Waals surface area (Å²) in [5, 5.41) is 0. The van der Waals surface area contributed by atoms with Gasteiger partial charge in [-0.1, -0.05) is 15.9 Å². The lowest BCUT2D eigenvalue weighted by molar-refractivity contribution is -0.131. The van der Waals surface area contributed by atoms with E-state index in [-0.39, 0.29) is 16.7 Å². The summed E-state index contributed by atoms with van der Waals surface area (Å²) in [7, 11) is 0. The minimum Gasteiger partial charge on any atom is -0.371 e. The van der Waals surface area contributed by atoms with Crippen molar-refractivity contribution < 1.29 is 9.53 Å². The van der Waals surface area contributed by atoms with Crippen LogP contribution in [-0.2, 0) is 9.53 Å². The third-order valence-electron chi connectivity index (χ3n) is 1.92. The number of hydrogen-bond donors (Lipinski definition) is 0. The Labute approximate surface area is 75.4 Å². The van der Waals surface area contributed by atoms with Crippen molar-refractivity contribution in [1.82, 2.24) is 0 Å². The highest BCUT2D eigenvalue weighted by Gasteiger charge is 2.29. The van der Waals surface area contributed by atoms with E-state index in [4.69, 9.17) is 4.74 Å². The second-order valence-corrected chi connectivity index (χ2v) is 3.85. The molecule has 1 fully saturated rings. The molecule has 64 valence electrons. The Morgan fingerprint density at radius 1 is 1.64 bits per heavy atom. The fraction of sp³-hybridized carbons (Fsp3) is 0.875. The summed E-state index contributed by atoms with van der Waals surface area (Å²) in [6.45, 7) is 2.56. The molecule has 0 aromatic rings. The van der Waals surface area contributed by atoms with E-state index >= 15 is 0 Å². The molecule has 0 radical (unpaired) electrons. The van der Waals surface area contributed by atoms with Crippen LogP contribution in [0.3, 0.4) is 0 Å². The largest absolute Gasteiger partial charge is 0.371 e. The molecule has 0 heterocycles. The van der Waals surface area contributed by atoms with Crippen molar-refractivity contribution >= 4 is 21.7 Å². The number of ether oxygens (including phenoxy) is 1. The summed E-state index contributed by atoms with van der Waals surface area (Å²) in [5.74, 6) is 0.220. The maximum absolute atomic E-state index is 11.3. The number of hydrogen-bond acceptors (Lipinski definition) is 2. The van der Waals surface area contributed by atoms with Gasteiger partial charge in [-0.25, -0.2) is 0 Å². The summed E-state index contributed by atoms with van der Waals surface area (Å²) in [6, 6.07) is 0. The van der Waals surface area contributed by atoms with E-state index in [2.05, 4.69) is 15.9 Å². The molecule has 1 rings (SSSR count). The van der Waals surface area contributed by atoms with E-state index in [1.807, 2.05) is 6.92 Å². The van der Waals surface area contributed by atoms with Crippen LogP contribution in [0.1, 0.15) is 26.2 Å². The molecule has 0 bridgehead atoms. The third-order valence-corrected chi connectivity index (χ3v) is 2.83. The van der Waals surface area contributed by atoms with Gasteiger partial charge in [-0.2, -0.15) is 0 Å². The fourth-order valence-electron chi connectivity index (χ4n) is 1.34. The Balaban J connectivity index is 2.44. The van der Waals surface area contributed by atoms with Crippen LogP contribution >= 0.6 is 15.9 Å². The molecule has 11 heavy (non-hydrogen) atoms. The molecule has 1 aliphatic carbocycles. The van der Waals surface area contributed by atoms with E-state index in [9.17, 15) is 4.79 Å². The van der Waals surface area contributed by atoms with Crippen LogP contribution in [0.4, 0.5) is 0 Å². The van der Waals surface area contributed by atoms with Crippen LogP contribution < -0.4 is 0 Å². The number of carbonyl (C=O) groups excluding carboxylic acids is 1. The second kappa shape index (κ2) is 4.21. The first-order valence-corrected chi connectivity index (χ1v) is 4.96. The molecule has 0 spiro atoms. The Kier molecular flexibility index (Phi) is 3.52. The van der Waals surface area contributed by atoms with Gasteiger partial charge in [0, 0.05) is 6.61 Å². The number of ketones is 1. The zero-order valence-electron chi connectivity index (χ0n) is 6.68. The van der Waals surface area contributed by atoms with Gasteiger partial charge < -0.3 is 4.74 Å². The van der Waals surface area contributed by atoms with E-state index in [0.29, 0.717) is 6.61 Å². The van der Waals surface area contributed by atoms with Crippen molar-refractivity contribution in [3.63, 3.8) is 0 Å². The lowest BCUT2D eigenvalue weighted by Gasteiger charge is -2.23. The minimum atomic E-state index is -0.141. The summed E-state index contributed by atoms with van der Waals surface area (Å²) < 4.78 is 5.29. The van der Waals surface area contributed by atoms with E-state index in [0.717, 1.165) is 19.3 Å². The van der Waals surface area contributed by atoms with Gasteiger partial charge in [0.05, 0.1) is 4.83 Å². The zero-order valence-corrected chi connectivity index (χ0v) is 8.26. The molecule has 0 saturated heterocycles. The zero-order chi connectivity index (χ0) is 8.27. The van der Waals surface area contributed by atoms with Gasteiger partial charge in [-0.15, -0.1) is 0 Å². The van der Waals surface area contributed by atoms with Gasteiger partial charge in [-0.05, 0) is 26.2 Å². The van der Waals surface area contributed by atoms with Gasteiger partial charge in [0.2, 0.25) is 0 Å². The van der Waals surface area contributed by atoms with Crippen molar-refractivity contribution in [2.75, 3.05) is 6.61 Å². The fourth-order valence-corrected chi connectivity index (χ4v) is 1.95. The molecular formula is C8H13BrO2. The van der Waals surface area contributed by atoms with Crippen LogP contribution in [0.25, 0.3) is 0 Å². The first-order chi connectivity index (χ1) is 5.25. The molecule has 0 aromatic carbocycles. The van der Waals surface area contributed by atoms with E-state index in [1.165, 1.54) is 0 Å². The van der Waals surface area contributed by atoms with Gasteiger partial charge >= 0.3 is 0 Å². The summed E-state index contributed by atoms with van der Waals surface area (Å²) >= 11 is 3.33. The lowest BCUT2D eigenvalue weighted by atomic mass is 9.96. The van der Waals surface area contributed by atoms with Crippen LogP contribution in [0, 0.1) is 0 Å². The molecule has 1 saturated carbocycles. The van der Waals surface area contributed by atoms with Crippen molar-refractivity contribution in [1.29, 1.82) is 0 Å². The van der Waals surface area contributed by atoms with Gasteiger partial charge in [0.15, 0.2) is 5.78 Å². The number of alkyl halides is 1. The predicted molar refractivity (Wildman–Crippen MR) is 47.0 cm³/mol. The van der Waals surface area contributed by atoms with Gasteiger partial charge in [-0.3, -0.25) is 4.79 Å². The number of rotatable bonds is 2. The number of carbonyl (C=O) groups is 1. The molecule has 0 aromatic heterocycles. The first kappa shape index (κ1) is 9.20. The van der Waals surface area contributed by atoms with Gasteiger partial charge in [0.1, 0.15) is 6.10 Å². The minimum absolute atomic E-state index is 0.0350. The average Bonchev–Trinajstić information content (AvgIpc) is 1.99. The highest BCUT2D eigenvalue weighted by atomic mass is 79.9. The normalized spacial score (nSPS) is 32.4. The number of halogens is 1. The molecule has 0 N–H and O–H groups in total. The van der Waals surface area contributed by atoms with Crippen LogP contribution in [-0.4, -0.2) is 23.3 Å². The summed E-state index contributed by atoms with van der Waals surface area (Å²) in [4.78, 5) is 11.4. The third kappa shape index (κ3) is 2.27. The van der Waals surface area contributed by atoms with Crippen LogP contribution in [0.2, 0.25) is 0 Å². The monoisotopic (exact) mass is 220 g/mol. The quantitative estimate of drug-likeness (QED) is 0.665. The Hall–Kier alpha value is 0.110. The molecule has 2 nitrogen and oxygen atoms in total. The van der Waals surface area contributed by atoms with Crippen molar-refractivity contribution in [2.45, 2.75) is 37.1 Å². The maximum Gasteiger partial charge on any atom is 0.175 e. The highest BCUT2D eigenvalue weighted by molar-refractivity contribution is 9.10. The lowest BCUT2D eigenvalue weighted by Crippen LogP contribution is -2.35. The maximum atomic E-state index is 11.3. The SMILES string of the molecule is CCOC1CCCC(Br)C1=O. The Bertz CT molecular complexity index is 145. The second-order valence-electron chi connectivity index (χ2n) is 2.74. The Morgan fingerprint density at radius 2 is 2.36 bits per heavy atom. The molecule has 0 amide bonds. The predicted octanol–water partition coefficient (Wildman–Crippen LogP) is 1.91. The topological polar surface area (TPSA) is 26.3 Å². The van der Waals surface area contributed by atoms with Crippen molar-refractivity contribution in [2.24, 2.45) is 0 Å². The summed E-state index contributed by atoms with van der Waals surface area (Å²) in [5.41, 5.74) is 0. The molecule has 1 aliphatic rings.